The second-order valence-corrected chi connectivity index (χ2v) is 6.88. The first-order chi connectivity index (χ1) is 9.75. The SMILES string of the molecule is CC(C)CCCOCCOCCNC(C(C)C)C(F)(F)P. The Kier molecular flexibility index (Phi) is 11.8. The van der Waals surface area contributed by atoms with Crippen LogP contribution in [0.4, 0.5) is 8.78 Å². The maximum atomic E-state index is 13.3. The van der Waals surface area contributed by atoms with E-state index in [4.69, 9.17) is 9.47 Å². The zero-order chi connectivity index (χ0) is 16.3. The average Bonchev–Trinajstić information content (AvgIpc) is 2.33. The molecule has 0 saturated carbocycles. The Morgan fingerprint density at radius 2 is 1.57 bits per heavy atom. The molecule has 2 atom stereocenters. The van der Waals surface area contributed by atoms with Crippen LogP contribution in [0.5, 0.6) is 0 Å². The zero-order valence-electron chi connectivity index (χ0n) is 13.8. The van der Waals surface area contributed by atoms with Crippen LogP contribution < -0.4 is 5.32 Å². The molecule has 6 heteroatoms. The second kappa shape index (κ2) is 11.7. The van der Waals surface area contributed by atoms with Crippen molar-refractivity contribution in [3.8, 4) is 0 Å². The van der Waals surface area contributed by atoms with E-state index < -0.39 is 11.7 Å². The fourth-order valence-electron chi connectivity index (χ4n) is 2.02. The van der Waals surface area contributed by atoms with Gasteiger partial charge < -0.3 is 14.8 Å². The van der Waals surface area contributed by atoms with Crippen molar-refractivity contribution >= 4 is 9.24 Å². The molecule has 3 nitrogen and oxygen atoms in total. The van der Waals surface area contributed by atoms with Gasteiger partial charge >= 0.3 is 0 Å². The van der Waals surface area contributed by atoms with Crippen LogP contribution in [-0.2, 0) is 9.47 Å². The van der Waals surface area contributed by atoms with E-state index in [2.05, 4.69) is 19.2 Å². The molecule has 0 heterocycles. The van der Waals surface area contributed by atoms with E-state index in [1.54, 1.807) is 23.1 Å². The van der Waals surface area contributed by atoms with Crippen LogP contribution in [0.15, 0.2) is 0 Å². The van der Waals surface area contributed by atoms with Crippen LogP contribution >= 0.6 is 9.24 Å². The summed E-state index contributed by atoms with van der Waals surface area (Å²) in [5, 5.41) is 2.85. The van der Waals surface area contributed by atoms with Gasteiger partial charge in [-0.15, -0.1) is 0 Å². The highest BCUT2D eigenvalue weighted by Gasteiger charge is 2.35. The van der Waals surface area contributed by atoms with E-state index in [1.165, 1.54) is 6.42 Å². The Bertz CT molecular complexity index is 248. The molecule has 128 valence electrons. The van der Waals surface area contributed by atoms with Crippen LogP contribution in [0.3, 0.4) is 0 Å². The molecule has 0 rings (SSSR count). The molecule has 0 aliphatic heterocycles. The van der Waals surface area contributed by atoms with E-state index >= 15 is 0 Å². The Morgan fingerprint density at radius 1 is 1.00 bits per heavy atom. The van der Waals surface area contributed by atoms with Gasteiger partial charge in [0.25, 0.3) is 5.66 Å². The lowest BCUT2D eigenvalue weighted by Crippen LogP contribution is -2.46. The number of rotatable bonds is 13. The van der Waals surface area contributed by atoms with Crippen molar-refractivity contribution in [2.45, 2.75) is 52.2 Å². The number of halogens is 2. The summed E-state index contributed by atoms with van der Waals surface area (Å²) in [6.45, 7) is 10.6. The quantitative estimate of drug-likeness (QED) is 0.415. The van der Waals surface area contributed by atoms with Crippen LogP contribution in [0.25, 0.3) is 0 Å². The molecule has 21 heavy (non-hydrogen) atoms. The molecule has 0 aromatic rings. The monoisotopic (exact) mass is 327 g/mol. The number of hydrogen-bond acceptors (Lipinski definition) is 3. The van der Waals surface area contributed by atoms with Crippen LogP contribution in [-0.4, -0.2) is 44.7 Å². The lowest BCUT2D eigenvalue weighted by atomic mass is 10.1. The molecule has 0 aliphatic carbocycles. The van der Waals surface area contributed by atoms with Gasteiger partial charge in [-0.25, -0.2) is 8.78 Å². The molecule has 0 amide bonds. The van der Waals surface area contributed by atoms with Gasteiger partial charge in [-0.05, 0) is 24.7 Å². The molecular formula is C15H32F2NO2P. The van der Waals surface area contributed by atoms with Crippen molar-refractivity contribution in [3.05, 3.63) is 0 Å². The molecule has 0 radical (unpaired) electrons. The fourth-order valence-corrected chi connectivity index (χ4v) is 2.52. The van der Waals surface area contributed by atoms with Crippen LogP contribution in [0.2, 0.25) is 0 Å². The summed E-state index contributed by atoms with van der Waals surface area (Å²) >= 11 is 0. The van der Waals surface area contributed by atoms with Gasteiger partial charge in [0.2, 0.25) is 0 Å². The Balaban J connectivity index is 3.47. The van der Waals surface area contributed by atoms with Crippen molar-refractivity contribution in [1.82, 2.24) is 5.32 Å². The Hall–Kier alpha value is 0.170. The minimum atomic E-state index is -2.80. The van der Waals surface area contributed by atoms with Crippen molar-refractivity contribution in [2.24, 2.45) is 11.8 Å². The standard InChI is InChI=1S/C15H32F2NO2P/c1-12(2)6-5-8-19-10-11-20-9-7-18-14(13(3)4)15(16,17)21/h12-14,18H,5-11,21H2,1-4H3. The van der Waals surface area contributed by atoms with Crippen molar-refractivity contribution in [3.63, 3.8) is 0 Å². The Labute approximate surface area is 130 Å². The summed E-state index contributed by atoms with van der Waals surface area (Å²) in [5.41, 5.74) is -2.80. The molecule has 0 fully saturated rings. The molecule has 0 aliphatic rings. The summed E-state index contributed by atoms with van der Waals surface area (Å²) in [7, 11) is 1.60. The molecule has 0 bridgehead atoms. The highest BCUT2D eigenvalue weighted by atomic mass is 31.0. The summed E-state index contributed by atoms with van der Waals surface area (Å²) in [4.78, 5) is 0. The number of ether oxygens (including phenoxy) is 2. The predicted octanol–water partition coefficient (Wildman–Crippen LogP) is 3.54. The van der Waals surface area contributed by atoms with Crippen LogP contribution in [0.1, 0.15) is 40.5 Å². The van der Waals surface area contributed by atoms with E-state index in [1.807, 2.05) is 0 Å². The third kappa shape index (κ3) is 12.4. The highest BCUT2D eigenvalue weighted by molar-refractivity contribution is 7.18. The molecule has 0 saturated heterocycles. The molecule has 0 aromatic heterocycles. The molecular weight excluding hydrogens is 295 g/mol. The molecule has 0 aromatic carbocycles. The van der Waals surface area contributed by atoms with E-state index in [-0.39, 0.29) is 5.92 Å². The van der Waals surface area contributed by atoms with Gasteiger partial charge in [0, 0.05) is 13.2 Å². The minimum absolute atomic E-state index is 0.137. The fraction of sp³-hybridized carbons (Fsp3) is 1.00. The zero-order valence-corrected chi connectivity index (χ0v) is 15.0. The van der Waals surface area contributed by atoms with Gasteiger partial charge in [-0.2, -0.15) is 0 Å². The predicted molar refractivity (Wildman–Crippen MR) is 87.0 cm³/mol. The van der Waals surface area contributed by atoms with Gasteiger partial charge in [0.1, 0.15) is 0 Å². The topological polar surface area (TPSA) is 30.5 Å². The van der Waals surface area contributed by atoms with Gasteiger partial charge in [-0.1, -0.05) is 36.9 Å². The smallest absolute Gasteiger partial charge is 0.274 e. The van der Waals surface area contributed by atoms with Crippen molar-refractivity contribution < 1.29 is 18.3 Å². The maximum absolute atomic E-state index is 13.3. The third-order valence-electron chi connectivity index (χ3n) is 3.13. The van der Waals surface area contributed by atoms with E-state index in [0.717, 1.165) is 13.0 Å². The molecule has 0 spiro atoms. The molecule has 2 unspecified atom stereocenters. The number of hydrogen-bond donors (Lipinski definition) is 1. The first-order valence-corrected chi connectivity index (χ1v) is 8.38. The van der Waals surface area contributed by atoms with Crippen molar-refractivity contribution in [2.75, 3.05) is 33.0 Å². The summed E-state index contributed by atoms with van der Waals surface area (Å²) < 4.78 is 37.4. The maximum Gasteiger partial charge on any atom is 0.274 e. The Morgan fingerprint density at radius 3 is 2.05 bits per heavy atom. The largest absolute Gasteiger partial charge is 0.379 e. The average molecular weight is 327 g/mol. The second-order valence-electron chi connectivity index (χ2n) is 6.11. The normalized spacial score (nSPS) is 14.1. The summed E-state index contributed by atoms with van der Waals surface area (Å²) in [5.74, 6) is 0.571. The van der Waals surface area contributed by atoms with Gasteiger partial charge in [0.05, 0.1) is 25.9 Å². The van der Waals surface area contributed by atoms with Crippen LogP contribution in [0, 0.1) is 11.8 Å². The minimum Gasteiger partial charge on any atom is -0.379 e. The van der Waals surface area contributed by atoms with Crippen molar-refractivity contribution in [1.29, 1.82) is 0 Å². The molecule has 1 N–H and O–H groups in total. The van der Waals surface area contributed by atoms with E-state index in [9.17, 15) is 8.78 Å². The van der Waals surface area contributed by atoms with Gasteiger partial charge in [0.15, 0.2) is 0 Å². The van der Waals surface area contributed by atoms with E-state index in [0.29, 0.717) is 32.3 Å². The lowest BCUT2D eigenvalue weighted by Gasteiger charge is -2.27. The first kappa shape index (κ1) is 21.2. The number of alkyl halides is 2. The summed E-state index contributed by atoms with van der Waals surface area (Å²) in [6.07, 6.45) is 2.24. The number of nitrogens with one attached hydrogen (secondary N) is 1. The van der Waals surface area contributed by atoms with Gasteiger partial charge in [-0.3, -0.25) is 0 Å². The summed E-state index contributed by atoms with van der Waals surface area (Å²) in [6, 6.07) is -0.849. The lowest BCUT2D eigenvalue weighted by molar-refractivity contribution is 0.0248. The third-order valence-corrected chi connectivity index (χ3v) is 3.49. The first-order valence-electron chi connectivity index (χ1n) is 7.80. The highest BCUT2D eigenvalue weighted by Crippen LogP contribution is 2.30.